The molecule has 2 aliphatic heterocycles. The molecule has 0 aliphatic carbocycles. The average molecular weight is 495 g/mol. The van der Waals surface area contributed by atoms with Gasteiger partial charge < -0.3 is 14.8 Å². The quantitative estimate of drug-likeness (QED) is 0.378. The van der Waals surface area contributed by atoms with E-state index in [4.69, 9.17) is 9.47 Å². The van der Waals surface area contributed by atoms with Gasteiger partial charge in [-0.05, 0) is 55.7 Å². The Balaban J connectivity index is 1.27. The van der Waals surface area contributed by atoms with Crippen LogP contribution in [0.5, 0.6) is 11.5 Å². The largest absolute Gasteiger partial charge is 0.486 e. The van der Waals surface area contributed by atoms with Gasteiger partial charge in [-0.2, -0.15) is 0 Å². The number of anilines is 2. The molecule has 10 heteroatoms. The SMILES string of the molecule is O=C(CCCC[C@H]1CCSS1)Nc1ccc(NS(=O)(=O)c2ccc3c(c2)OCCO3)cc1. The van der Waals surface area contributed by atoms with Crippen molar-refractivity contribution in [1.82, 2.24) is 0 Å². The summed E-state index contributed by atoms with van der Waals surface area (Å²) in [4.78, 5) is 12.3. The lowest BCUT2D eigenvalue weighted by Gasteiger charge is -2.19. The van der Waals surface area contributed by atoms with E-state index in [1.165, 1.54) is 30.7 Å². The van der Waals surface area contributed by atoms with Crippen molar-refractivity contribution in [2.24, 2.45) is 0 Å². The molecule has 1 saturated heterocycles. The van der Waals surface area contributed by atoms with Crippen molar-refractivity contribution in [3.05, 3.63) is 42.5 Å². The molecule has 4 rings (SSSR count). The number of unbranched alkanes of at least 4 members (excludes halogenated alkanes) is 1. The van der Waals surface area contributed by atoms with Gasteiger partial charge in [0.1, 0.15) is 13.2 Å². The fraction of sp³-hybridized carbons (Fsp3) is 0.409. The topological polar surface area (TPSA) is 93.7 Å². The smallest absolute Gasteiger partial charge is 0.262 e. The van der Waals surface area contributed by atoms with E-state index in [2.05, 4.69) is 10.0 Å². The molecule has 1 amide bonds. The van der Waals surface area contributed by atoms with E-state index >= 15 is 0 Å². The number of amides is 1. The van der Waals surface area contributed by atoms with Crippen molar-refractivity contribution in [2.45, 2.75) is 42.2 Å². The third-order valence-electron chi connectivity index (χ3n) is 5.15. The van der Waals surface area contributed by atoms with E-state index in [0.717, 1.165) is 18.1 Å². The van der Waals surface area contributed by atoms with E-state index < -0.39 is 10.0 Å². The Morgan fingerprint density at radius 1 is 1.00 bits per heavy atom. The molecule has 2 aliphatic rings. The van der Waals surface area contributed by atoms with E-state index in [1.807, 2.05) is 21.6 Å². The Morgan fingerprint density at radius 3 is 2.50 bits per heavy atom. The van der Waals surface area contributed by atoms with Crippen molar-refractivity contribution in [3.8, 4) is 11.5 Å². The molecule has 0 aromatic heterocycles. The lowest BCUT2D eigenvalue weighted by molar-refractivity contribution is -0.116. The van der Waals surface area contributed by atoms with Crippen LogP contribution in [0.1, 0.15) is 32.1 Å². The fourth-order valence-corrected chi connectivity index (χ4v) is 7.57. The van der Waals surface area contributed by atoms with Crippen LogP contribution >= 0.6 is 21.6 Å². The summed E-state index contributed by atoms with van der Waals surface area (Å²) in [5.41, 5.74) is 1.05. The van der Waals surface area contributed by atoms with Crippen LogP contribution in [0.4, 0.5) is 11.4 Å². The summed E-state index contributed by atoms with van der Waals surface area (Å²) in [6.45, 7) is 0.828. The van der Waals surface area contributed by atoms with Crippen molar-refractivity contribution in [1.29, 1.82) is 0 Å². The van der Waals surface area contributed by atoms with E-state index in [1.54, 1.807) is 30.3 Å². The van der Waals surface area contributed by atoms with Gasteiger partial charge in [0.15, 0.2) is 11.5 Å². The Bertz CT molecular complexity index is 1040. The molecule has 1 fully saturated rings. The highest BCUT2D eigenvalue weighted by molar-refractivity contribution is 8.77. The minimum atomic E-state index is -3.78. The van der Waals surface area contributed by atoms with Crippen molar-refractivity contribution < 1.29 is 22.7 Å². The molecule has 2 N–H and O–H groups in total. The number of sulfonamides is 1. The number of ether oxygens (including phenoxy) is 2. The lowest BCUT2D eigenvalue weighted by atomic mass is 10.1. The van der Waals surface area contributed by atoms with Gasteiger partial charge in [0, 0.05) is 34.9 Å². The molecule has 0 spiro atoms. The molecule has 2 aromatic rings. The molecule has 7 nitrogen and oxygen atoms in total. The van der Waals surface area contributed by atoms with Gasteiger partial charge in [-0.15, -0.1) is 0 Å². The van der Waals surface area contributed by atoms with Gasteiger partial charge in [-0.1, -0.05) is 28.0 Å². The van der Waals surface area contributed by atoms with Crippen molar-refractivity contribution >= 4 is 48.9 Å². The molecule has 0 radical (unpaired) electrons. The predicted octanol–water partition coefficient (Wildman–Crippen LogP) is 4.91. The van der Waals surface area contributed by atoms with Crippen LogP contribution in [0.15, 0.2) is 47.4 Å². The normalized spacial score (nSPS) is 17.7. The monoisotopic (exact) mass is 494 g/mol. The highest BCUT2D eigenvalue weighted by Crippen LogP contribution is 2.40. The number of fused-ring (bicyclic) bond motifs is 1. The van der Waals surface area contributed by atoms with Crippen LogP contribution in [0, 0.1) is 0 Å². The Labute approximate surface area is 196 Å². The van der Waals surface area contributed by atoms with Gasteiger partial charge in [0.05, 0.1) is 4.90 Å². The van der Waals surface area contributed by atoms with Crippen molar-refractivity contribution in [2.75, 3.05) is 29.0 Å². The summed E-state index contributed by atoms with van der Waals surface area (Å²) < 4.78 is 38.9. The second-order valence-electron chi connectivity index (χ2n) is 7.61. The van der Waals surface area contributed by atoms with Gasteiger partial charge in [-0.3, -0.25) is 9.52 Å². The maximum absolute atomic E-state index is 12.7. The third-order valence-corrected chi connectivity index (χ3v) is 9.54. The first kappa shape index (κ1) is 23.1. The number of hydrogen-bond acceptors (Lipinski definition) is 7. The maximum atomic E-state index is 12.7. The summed E-state index contributed by atoms with van der Waals surface area (Å²) in [6.07, 6.45) is 4.87. The highest BCUT2D eigenvalue weighted by Gasteiger charge is 2.20. The van der Waals surface area contributed by atoms with Gasteiger partial charge >= 0.3 is 0 Å². The molecule has 0 unspecified atom stereocenters. The molecule has 32 heavy (non-hydrogen) atoms. The van der Waals surface area contributed by atoms with Crippen LogP contribution in [-0.2, 0) is 14.8 Å². The van der Waals surface area contributed by atoms with Crippen LogP contribution in [-0.4, -0.2) is 38.5 Å². The van der Waals surface area contributed by atoms with Crippen molar-refractivity contribution in [3.63, 3.8) is 0 Å². The molecular formula is C22H26N2O5S3. The summed E-state index contributed by atoms with van der Waals surface area (Å²) >= 11 is 0. The number of carbonyl (C=O) groups is 1. The Kier molecular flexibility index (Phi) is 7.75. The predicted molar refractivity (Wildman–Crippen MR) is 130 cm³/mol. The molecule has 1 atom stereocenters. The summed E-state index contributed by atoms with van der Waals surface area (Å²) in [7, 11) is 0.129. The van der Waals surface area contributed by atoms with Crippen LogP contribution in [0.3, 0.4) is 0 Å². The summed E-state index contributed by atoms with van der Waals surface area (Å²) in [5.74, 6) is 2.16. The highest BCUT2D eigenvalue weighted by atomic mass is 33.1. The lowest BCUT2D eigenvalue weighted by Crippen LogP contribution is -2.17. The van der Waals surface area contributed by atoms with E-state index in [9.17, 15) is 13.2 Å². The van der Waals surface area contributed by atoms with Crippen LogP contribution in [0.25, 0.3) is 0 Å². The first-order valence-electron chi connectivity index (χ1n) is 10.6. The van der Waals surface area contributed by atoms with Crippen LogP contribution in [0.2, 0.25) is 0 Å². The second kappa shape index (κ2) is 10.7. The zero-order valence-corrected chi connectivity index (χ0v) is 20.0. The van der Waals surface area contributed by atoms with E-state index in [-0.39, 0.29) is 10.8 Å². The molecule has 2 heterocycles. The second-order valence-corrected chi connectivity index (χ2v) is 12.1. The maximum Gasteiger partial charge on any atom is 0.262 e. The minimum Gasteiger partial charge on any atom is -0.486 e. The zero-order chi connectivity index (χ0) is 22.4. The van der Waals surface area contributed by atoms with Gasteiger partial charge in [0.2, 0.25) is 5.91 Å². The van der Waals surface area contributed by atoms with Gasteiger partial charge in [0.25, 0.3) is 10.0 Å². The molecular weight excluding hydrogens is 468 g/mol. The average Bonchev–Trinajstić information content (AvgIpc) is 3.31. The first-order valence-corrected chi connectivity index (χ1v) is 14.5. The Morgan fingerprint density at radius 2 is 1.75 bits per heavy atom. The van der Waals surface area contributed by atoms with Crippen LogP contribution < -0.4 is 19.5 Å². The number of rotatable bonds is 9. The molecule has 172 valence electrons. The molecule has 2 aromatic carbocycles. The first-order chi connectivity index (χ1) is 15.5. The summed E-state index contributed by atoms with van der Waals surface area (Å²) in [6, 6.07) is 11.1. The van der Waals surface area contributed by atoms with Gasteiger partial charge in [-0.25, -0.2) is 8.42 Å². The van der Waals surface area contributed by atoms with E-state index in [0.29, 0.717) is 42.5 Å². The fourth-order valence-electron chi connectivity index (χ4n) is 3.47. The molecule has 0 bridgehead atoms. The Hall–Kier alpha value is -2.04. The standard InChI is InChI=1S/C22H26N2O5S3/c25-22(4-2-1-3-18-11-14-30-31-18)23-16-5-7-17(8-6-16)24-32(26,27)19-9-10-20-21(15-19)29-13-12-28-20/h5-10,15,18,24H,1-4,11-14H2,(H,23,25)/t18-/m0/s1. The number of hydrogen-bond donors (Lipinski definition) is 2. The minimum absolute atomic E-state index is 0.0249. The third kappa shape index (κ3) is 6.26. The number of nitrogens with one attached hydrogen (secondary N) is 2. The summed E-state index contributed by atoms with van der Waals surface area (Å²) in [5, 5.41) is 3.61. The zero-order valence-electron chi connectivity index (χ0n) is 17.5. The number of benzene rings is 2. The molecule has 0 saturated carbocycles. The number of carbonyl (C=O) groups excluding carboxylic acids is 1.